The molecule has 4 aromatic carbocycles. The molecule has 0 radical (unpaired) electrons. The van der Waals surface area contributed by atoms with Crippen LogP contribution in [0.4, 0.5) is 17.1 Å². The van der Waals surface area contributed by atoms with Crippen LogP contribution in [0.5, 0.6) is 0 Å². The van der Waals surface area contributed by atoms with Crippen molar-refractivity contribution in [2.24, 2.45) is 0 Å². The number of hydrogen-bond acceptors (Lipinski definition) is 13. The van der Waals surface area contributed by atoms with E-state index in [0.717, 1.165) is 27.4 Å². The highest BCUT2D eigenvalue weighted by Gasteiger charge is 2.41. The number of benzene rings is 4. The SMILES string of the molecule is CC1(C)\C(=C/C=C/C=C/c2sc3ccccc3[n+]2Cc2cc([N+](=O)[O-])cc([N+](=O)[O-])c2)N(CCCCCC(=O)O)c2ccc3c(S(=O)(=O)[O-])cc(S(=O)(=O)[O-])cc3c21. The fourth-order valence-electron chi connectivity index (χ4n) is 7.28. The van der Waals surface area contributed by atoms with Gasteiger partial charge in [0.15, 0.2) is 6.54 Å². The molecule has 0 spiro atoms. The van der Waals surface area contributed by atoms with Crippen LogP contribution >= 0.6 is 11.3 Å². The van der Waals surface area contributed by atoms with Crippen LogP contribution in [0.25, 0.3) is 27.1 Å². The molecular formula is C39H35N4O12S3-. The number of rotatable bonds is 15. The van der Waals surface area contributed by atoms with Gasteiger partial charge in [-0.3, -0.25) is 25.0 Å². The molecule has 302 valence electrons. The van der Waals surface area contributed by atoms with Crippen molar-refractivity contribution in [3.05, 3.63) is 133 Å². The van der Waals surface area contributed by atoms with E-state index in [0.29, 0.717) is 54.4 Å². The van der Waals surface area contributed by atoms with E-state index < -0.39 is 62.6 Å². The van der Waals surface area contributed by atoms with Crippen LogP contribution in [0.3, 0.4) is 0 Å². The number of aliphatic carboxylic acids is 1. The van der Waals surface area contributed by atoms with Gasteiger partial charge in [-0.15, -0.1) is 0 Å². The second kappa shape index (κ2) is 16.2. The summed E-state index contributed by atoms with van der Waals surface area (Å²) in [4.78, 5) is 33.1. The molecule has 0 unspecified atom stereocenters. The average molecular weight is 848 g/mol. The first-order valence-corrected chi connectivity index (χ1v) is 21.3. The highest BCUT2D eigenvalue weighted by atomic mass is 32.2. The zero-order valence-electron chi connectivity index (χ0n) is 30.9. The van der Waals surface area contributed by atoms with Crippen LogP contribution in [0.15, 0.2) is 107 Å². The van der Waals surface area contributed by atoms with Gasteiger partial charge in [-0.25, -0.2) is 16.8 Å². The van der Waals surface area contributed by atoms with Crippen molar-refractivity contribution in [1.29, 1.82) is 0 Å². The minimum Gasteiger partial charge on any atom is -0.744 e. The standard InChI is InChI=1S/C39H36N4O12S3/c1-39(2)35(13-5-3-6-14-36-41(31-11-8-9-12-33(31)56-36)24-25-19-26(42(46)47)21-27(20-25)43(48)49)40(18-10-4-7-15-37(44)45)32-17-16-29-30(38(32)39)22-28(57(50,51)52)23-34(29)58(53,54)55/h3,5-6,8-9,11-14,16-17,19-23H,4,7,10,15,18,24H2,1-2H3,(H2-,44,45,50,51,52,53,54,55)/p-1. The lowest BCUT2D eigenvalue weighted by molar-refractivity contribution is -0.659. The summed E-state index contributed by atoms with van der Waals surface area (Å²) in [5.41, 5.74) is 1.24. The third kappa shape index (κ3) is 8.67. The summed E-state index contributed by atoms with van der Waals surface area (Å²) in [6.07, 6.45) is 10.5. The zero-order chi connectivity index (χ0) is 42.2. The Hall–Kier alpha value is -5.86. The molecule has 19 heteroatoms. The molecule has 6 rings (SSSR count). The number of anilines is 1. The van der Waals surface area contributed by atoms with E-state index in [4.69, 9.17) is 5.11 Å². The number of carbonyl (C=O) groups is 1. The number of thiazole rings is 1. The lowest BCUT2D eigenvalue weighted by Crippen LogP contribution is -2.35. The van der Waals surface area contributed by atoms with Crippen LogP contribution in [0.1, 0.15) is 55.7 Å². The molecule has 0 amide bonds. The summed E-state index contributed by atoms with van der Waals surface area (Å²) >= 11 is 1.44. The summed E-state index contributed by atoms with van der Waals surface area (Å²) in [6, 6.07) is 15.7. The molecular weight excluding hydrogens is 813 g/mol. The predicted octanol–water partition coefficient (Wildman–Crippen LogP) is 6.91. The molecule has 1 aliphatic rings. The lowest BCUT2D eigenvalue weighted by Gasteiger charge is -2.27. The molecule has 0 fully saturated rings. The monoisotopic (exact) mass is 847 g/mol. The average Bonchev–Trinajstić information content (AvgIpc) is 3.59. The fourth-order valence-corrected chi connectivity index (χ4v) is 9.68. The molecule has 0 saturated carbocycles. The minimum atomic E-state index is -5.21. The van der Waals surface area contributed by atoms with Crippen molar-refractivity contribution >= 4 is 81.7 Å². The Labute approximate surface area is 336 Å². The number of allylic oxidation sites excluding steroid dienone is 5. The molecule has 1 N–H and O–H groups in total. The predicted molar refractivity (Wildman–Crippen MR) is 213 cm³/mol. The van der Waals surface area contributed by atoms with Crippen molar-refractivity contribution in [1.82, 2.24) is 0 Å². The smallest absolute Gasteiger partial charge is 0.303 e. The fraction of sp³-hybridized carbons (Fsp3) is 0.231. The van der Waals surface area contributed by atoms with Gasteiger partial charge in [0, 0.05) is 59.6 Å². The van der Waals surface area contributed by atoms with Crippen LogP contribution in [0, 0.1) is 20.2 Å². The number of carboxylic acids is 1. The van der Waals surface area contributed by atoms with Gasteiger partial charge in [0.2, 0.25) is 5.52 Å². The number of hydrogen-bond donors (Lipinski definition) is 1. The molecule has 0 saturated heterocycles. The summed E-state index contributed by atoms with van der Waals surface area (Å²) in [5, 5.41) is 33.0. The van der Waals surface area contributed by atoms with E-state index in [2.05, 4.69) is 0 Å². The summed E-state index contributed by atoms with van der Waals surface area (Å²) in [5.74, 6) is -0.916. The quantitative estimate of drug-likeness (QED) is 0.0281. The molecule has 0 atom stereocenters. The third-order valence-corrected chi connectivity index (χ3v) is 12.6. The van der Waals surface area contributed by atoms with Crippen molar-refractivity contribution < 1.29 is 50.3 Å². The second-order valence-electron chi connectivity index (χ2n) is 14.0. The zero-order valence-corrected chi connectivity index (χ0v) is 33.4. The first-order chi connectivity index (χ1) is 27.3. The molecule has 1 aromatic heterocycles. The summed E-state index contributed by atoms with van der Waals surface area (Å²) in [7, 11) is -10.4. The summed E-state index contributed by atoms with van der Waals surface area (Å²) < 4.78 is 76.3. The largest absolute Gasteiger partial charge is 0.744 e. The van der Waals surface area contributed by atoms with Gasteiger partial charge in [0.1, 0.15) is 24.9 Å². The van der Waals surface area contributed by atoms with Gasteiger partial charge in [-0.1, -0.05) is 68.0 Å². The topological polar surface area (TPSA) is 245 Å². The van der Waals surface area contributed by atoms with E-state index in [1.807, 2.05) is 59.7 Å². The third-order valence-electron chi connectivity index (χ3n) is 9.80. The summed E-state index contributed by atoms with van der Waals surface area (Å²) in [6.45, 7) is 4.19. The first kappa shape index (κ1) is 41.8. The Balaban J connectivity index is 1.39. The number of nitrogens with zero attached hydrogens (tertiary/aromatic N) is 4. The van der Waals surface area contributed by atoms with Gasteiger partial charge >= 0.3 is 5.97 Å². The van der Waals surface area contributed by atoms with Gasteiger partial charge < -0.3 is 19.1 Å². The number of nitro benzene ring substituents is 2. The highest BCUT2D eigenvalue weighted by Crippen LogP contribution is 2.52. The van der Waals surface area contributed by atoms with Gasteiger partial charge in [0.25, 0.3) is 16.4 Å². The molecule has 58 heavy (non-hydrogen) atoms. The minimum absolute atomic E-state index is 0.00558. The molecule has 5 aromatic rings. The van der Waals surface area contributed by atoms with Crippen molar-refractivity contribution in [3.63, 3.8) is 0 Å². The molecule has 1 aliphatic heterocycles. The van der Waals surface area contributed by atoms with E-state index in [-0.39, 0.29) is 23.7 Å². The van der Waals surface area contributed by atoms with Gasteiger partial charge in [0.05, 0.1) is 25.7 Å². The van der Waals surface area contributed by atoms with Crippen molar-refractivity contribution in [2.45, 2.75) is 61.3 Å². The van der Waals surface area contributed by atoms with E-state index in [1.54, 1.807) is 24.3 Å². The number of para-hydroxylation sites is 1. The number of non-ortho nitro benzene ring substituents is 2. The number of unbranched alkanes of at least 4 members (excludes halogenated alkanes) is 2. The van der Waals surface area contributed by atoms with Crippen LogP contribution < -0.4 is 9.47 Å². The van der Waals surface area contributed by atoms with Crippen LogP contribution in [0.2, 0.25) is 0 Å². The maximum Gasteiger partial charge on any atom is 0.303 e. The Morgan fingerprint density at radius 3 is 2.19 bits per heavy atom. The number of fused-ring (bicyclic) bond motifs is 4. The van der Waals surface area contributed by atoms with E-state index in [1.165, 1.54) is 29.5 Å². The molecule has 0 aliphatic carbocycles. The lowest BCUT2D eigenvalue weighted by atomic mass is 9.81. The second-order valence-corrected chi connectivity index (χ2v) is 17.8. The van der Waals surface area contributed by atoms with Crippen LogP contribution in [-0.4, -0.2) is 53.4 Å². The molecule has 2 heterocycles. The normalized spacial score (nSPS) is 15.0. The maximum atomic E-state index is 12.3. The molecule has 0 bridgehead atoms. The number of aromatic nitrogens is 1. The Morgan fingerprint density at radius 1 is 0.862 bits per heavy atom. The van der Waals surface area contributed by atoms with Crippen molar-refractivity contribution in [2.75, 3.05) is 11.4 Å². The maximum absolute atomic E-state index is 12.3. The van der Waals surface area contributed by atoms with E-state index in [9.17, 15) is 51.0 Å². The van der Waals surface area contributed by atoms with Gasteiger partial charge in [-0.2, -0.15) is 4.57 Å². The van der Waals surface area contributed by atoms with Gasteiger partial charge in [-0.05, 0) is 59.5 Å². The Morgan fingerprint density at radius 2 is 1.55 bits per heavy atom. The van der Waals surface area contributed by atoms with E-state index >= 15 is 0 Å². The van der Waals surface area contributed by atoms with Crippen LogP contribution in [-0.2, 0) is 37.0 Å². The number of carboxylic acid groups (broad SMARTS) is 1. The molecule has 16 nitrogen and oxygen atoms in total. The Kier molecular flexibility index (Phi) is 11.7. The van der Waals surface area contributed by atoms with Crippen molar-refractivity contribution in [3.8, 4) is 0 Å². The first-order valence-electron chi connectivity index (χ1n) is 17.7. The Bertz CT molecular complexity index is 2790. The number of nitro groups is 2. The highest BCUT2D eigenvalue weighted by molar-refractivity contribution is 7.86.